The molecule has 1 N–H and O–H groups in total. The van der Waals surface area contributed by atoms with Crippen LogP contribution in [0.25, 0.3) is 0 Å². The molecule has 0 bridgehead atoms. The maximum atomic E-state index is 13.1. The van der Waals surface area contributed by atoms with E-state index < -0.39 is 41.8 Å². The minimum Gasteiger partial charge on any atom is -0.447 e. The number of benzene rings is 2. The molecule has 2 amide bonds. The fraction of sp³-hybridized carbons (Fsp3) is 0.333. The average Bonchev–Trinajstić information content (AvgIpc) is 3.06. The third kappa shape index (κ3) is 4.77. The maximum Gasteiger partial charge on any atom is 0.416 e. The smallest absolute Gasteiger partial charge is 0.416 e. The van der Waals surface area contributed by atoms with Crippen LogP contribution in [0.3, 0.4) is 0 Å². The number of imide groups is 1. The Bertz CT molecular complexity index is 936. The van der Waals surface area contributed by atoms with Crippen LogP contribution in [-0.2, 0) is 22.1 Å². The van der Waals surface area contributed by atoms with E-state index in [9.17, 15) is 27.9 Å². The molecule has 3 rings (SSSR count). The van der Waals surface area contributed by atoms with Gasteiger partial charge in [0.05, 0.1) is 23.6 Å². The fourth-order valence-electron chi connectivity index (χ4n) is 3.34. The highest BCUT2D eigenvalue weighted by Gasteiger charge is 2.42. The highest BCUT2D eigenvalue weighted by molar-refractivity contribution is 14.1. The lowest BCUT2D eigenvalue weighted by atomic mass is 9.94. The molecule has 9 heteroatoms. The van der Waals surface area contributed by atoms with Crippen LogP contribution in [0.1, 0.15) is 29.7 Å². The van der Waals surface area contributed by atoms with Crippen molar-refractivity contribution >= 4 is 34.6 Å². The zero-order valence-electron chi connectivity index (χ0n) is 15.9. The van der Waals surface area contributed by atoms with Gasteiger partial charge < -0.3 is 9.84 Å². The van der Waals surface area contributed by atoms with Gasteiger partial charge in [0.25, 0.3) is 0 Å². The van der Waals surface area contributed by atoms with Crippen molar-refractivity contribution in [2.45, 2.75) is 31.7 Å². The summed E-state index contributed by atoms with van der Waals surface area (Å²) < 4.78 is 44.6. The minimum atomic E-state index is -4.58. The first-order valence-corrected chi connectivity index (χ1v) is 10.3. The number of hydrogen-bond acceptors (Lipinski definition) is 4. The molecule has 2 aromatic rings. The molecule has 5 nitrogen and oxygen atoms in total. The van der Waals surface area contributed by atoms with Crippen molar-refractivity contribution in [1.82, 2.24) is 4.90 Å². The number of carbonyl (C=O) groups is 2. The summed E-state index contributed by atoms with van der Waals surface area (Å²) in [5.74, 6) is -1.84. The number of ether oxygens (including phenoxy) is 1. The van der Waals surface area contributed by atoms with Gasteiger partial charge in [-0.2, -0.15) is 13.2 Å². The van der Waals surface area contributed by atoms with Crippen molar-refractivity contribution in [3.63, 3.8) is 0 Å². The summed E-state index contributed by atoms with van der Waals surface area (Å²) in [7, 11) is 0. The normalized spacial score (nSPS) is 18.8. The van der Waals surface area contributed by atoms with Gasteiger partial charge in [-0.05, 0) is 58.3 Å². The molecule has 1 aliphatic rings. The minimum absolute atomic E-state index is 0.0153. The van der Waals surface area contributed by atoms with Crippen LogP contribution < -0.4 is 0 Å². The van der Waals surface area contributed by atoms with Crippen LogP contribution in [0, 0.1) is 9.49 Å². The Balaban J connectivity index is 1.82. The summed E-state index contributed by atoms with van der Waals surface area (Å²) in [6.45, 7) is 1.40. The molecule has 0 saturated carbocycles. The topological polar surface area (TPSA) is 66.8 Å². The van der Waals surface area contributed by atoms with Gasteiger partial charge in [0.2, 0.25) is 5.91 Å². The van der Waals surface area contributed by atoms with Gasteiger partial charge in [0.1, 0.15) is 6.61 Å². The SMILES string of the molecule is C[C@@H](C(=O)N1C(=O)OC[C@@H]1Cc1ccccc1)C(O)c1cc(C(F)(F)F)ccc1I. The first-order chi connectivity index (χ1) is 14.1. The van der Waals surface area contributed by atoms with Crippen molar-refractivity contribution in [3.05, 3.63) is 68.8 Å². The Morgan fingerprint density at radius 2 is 1.93 bits per heavy atom. The lowest BCUT2D eigenvalue weighted by molar-refractivity contribution is -0.137. The standard InChI is InChI=1S/C21H19F3INO4/c1-12(18(27)16-10-14(21(22,23)24)7-8-17(16)25)19(28)26-15(11-30-20(26)29)9-13-5-3-2-4-6-13/h2-8,10,12,15,18,27H,9,11H2,1H3/t12-,15+,18?/m1/s1. The number of aliphatic hydroxyl groups excluding tert-OH is 1. The van der Waals surface area contributed by atoms with Crippen LogP contribution in [0.15, 0.2) is 48.5 Å². The van der Waals surface area contributed by atoms with E-state index in [0.29, 0.717) is 9.99 Å². The molecule has 1 saturated heterocycles. The number of hydrogen-bond donors (Lipinski definition) is 1. The Morgan fingerprint density at radius 1 is 1.27 bits per heavy atom. The van der Waals surface area contributed by atoms with Crippen molar-refractivity contribution in [2.24, 2.45) is 5.92 Å². The number of rotatable bonds is 5. The van der Waals surface area contributed by atoms with Gasteiger partial charge in [-0.25, -0.2) is 9.69 Å². The maximum absolute atomic E-state index is 13.1. The zero-order chi connectivity index (χ0) is 22.1. The second-order valence-corrected chi connectivity index (χ2v) is 8.26. The van der Waals surface area contributed by atoms with Crippen LogP contribution in [-0.4, -0.2) is 34.7 Å². The third-order valence-corrected chi connectivity index (χ3v) is 6.00. The number of halogens is 4. The van der Waals surface area contributed by atoms with E-state index in [2.05, 4.69) is 0 Å². The van der Waals surface area contributed by atoms with Crippen LogP contribution >= 0.6 is 22.6 Å². The summed E-state index contributed by atoms with van der Waals surface area (Å²) in [6, 6.07) is 11.7. The van der Waals surface area contributed by atoms with Crippen molar-refractivity contribution < 1.29 is 32.6 Å². The highest BCUT2D eigenvalue weighted by Crippen LogP contribution is 2.35. The molecule has 1 fully saturated rings. The summed E-state index contributed by atoms with van der Waals surface area (Å²) in [5, 5.41) is 10.7. The van der Waals surface area contributed by atoms with Gasteiger partial charge in [-0.15, -0.1) is 0 Å². The summed E-state index contributed by atoms with van der Waals surface area (Å²) in [5.41, 5.74) is -0.0307. The molecule has 3 atom stereocenters. The quantitative estimate of drug-likeness (QED) is 0.573. The molecule has 0 aliphatic carbocycles. The summed E-state index contributed by atoms with van der Waals surface area (Å²) in [6.07, 6.45) is -6.54. The molecule has 2 aromatic carbocycles. The average molecular weight is 533 g/mol. The van der Waals surface area contributed by atoms with Crippen molar-refractivity contribution in [2.75, 3.05) is 6.61 Å². The Kier molecular flexibility index (Phi) is 6.71. The molecule has 160 valence electrons. The lowest BCUT2D eigenvalue weighted by Crippen LogP contribution is -2.44. The third-order valence-electron chi connectivity index (χ3n) is 5.02. The molecule has 1 heterocycles. The first-order valence-electron chi connectivity index (χ1n) is 9.18. The second kappa shape index (κ2) is 8.93. The Hall–Kier alpha value is -2.14. The summed E-state index contributed by atoms with van der Waals surface area (Å²) in [4.78, 5) is 26.1. The number of nitrogens with zero attached hydrogens (tertiary/aromatic N) is 1. The fourth-order valence-corrected chi connectivity index (χ4v) is 3.99. The molecule has 0 aromatic heterocycles. The Labute approximate surface area is 185 Å². The van der Waals surface area contributed by atoms with E-state index >= 15 is 0 Å². The van der Waals surface area contributed by atoms with Gasteiger partial charge in [-0.3, -0.25) is 4.79 Å². The van der Waals surface area contributed by atoms with E-state index in [4.69, 9.17) is 4.74 Å². The van der Waals surface area contributed by atoms with Crippen molar-refractivity contribution in [3.8, 4) is 0 Å². The van der Waals surface area contributed by atoms with Crippen molar-refractivity contribution in [1.29, 1.82) is 0 Å². The Morgan fingerprint density at radius 3 is 2.57 bits per heavy atom. The van der Waals surface area contributed by atoms with Gasteiger partial charge >= 0.3 is 12.3 Å². The molecule has 0 radical (unpaired) electrons. The van der Waals surface area contributed by atoms with E-state index in [1.807, 2.05) is 30.3 Å². The second-order valence-electron chi connectivity index (χ2n) is 7.10. The predicted molar refractivity (Wildman–Crippen MR) is 110 cm³/mol. The highest BCUT2D eigenvalue weighted by atomic mass is 127. The molecule has 30 heavy (non-hydrogen) atoms. The molecular weight excluding hydrogens is 514 g/mol. The van der Waals surface area contributed by atoms with E-state index in [1.54, 1.807) is 22.6 Å². The van der Waals surface area contributed by atoms with Crippen LogP contribution in [0.4, 0.5) is 18.0 Å². The number of cyclic esters (lactones) is 1. The van der Waals surface area contributed by atoms with Crippen LogP contribution in [0.2, 0.25) is 0 Å². The number of alkyl halides is 3. The number of aliphatic hydroxyl groups is 1. The first kappa shape index (κ1) is 22.5. The van der Waals surface area contributed by atoms with E-state index in [-0.39, 0.29) is 12.2 Å². The van der Waals surface area contributed by atoms with Gasteiger partial charge in [0, 0.05) is 3.57 Å². The van der Waals surface area contributed by atoms with E-state index in [1.165, 1.54) is 13.0 Å². The van der Waals surface area contributed by atoms with E-state index in [0.717, 1.165) is 22.6 Å². The largest absolute Gasteiger partial charge is 0.447 e. The monoisotopic (exact) mass is 533 g/mol. The van der Waals surface area contributed by atoms with Crippen LogP contribution in [0.5, 0.6) is 0 Å². The number of carbonyl (C=O) groups excluding carboxylic acids is 2. The zero-order valence-corrected chi connectivity index (χ0v) is 18.1. The molecule has 0 spiro atoms. The predicted octanol–water partition coefficient (Wildman–Crippen LogP) is 4.57. The van der Waals surface area contributed by atoms with Gasteiger partial charge in [0.15, 0.2) is 0 Å². The molecule has 1 unspecified atom stereocenters. The molecular formula is C21H19F3INO4. The molecule has 1 aliphatic heterocycles. The van der Waals surface area contributed by atoms with Gasteiger partial charge in [-0.1, -0.05) is 37.3 Å². The summed E-state index contributed by atoms with van der Waals surface area (Å²) >= 11 is 1.80. The number of amides is 2. The lowest BCUT2D eigenvalue weighted by Gasteiger charge is -2.26.